The Morgan fingerprint density at radius 3 is 2.83 bits per heavy atom. The van der Waals surface area contributed by atoms with E-state index in [4.69, 9.17) is 0 Å². The first-order valence-corrected chi connectivity index (χ1v) is 6.46. The Kier molecular flexibility index (Phi) is 4.02. The van der Waals surface area contributed by atoms with E-state index >= 15 is 0 Å². The zero-order chi connectivity index (χ0) is 13.1. The van der Waals surface area contributed by atoms with Gasteiger partial charge in [-0.2, -0.15) is 0 Å². The van der Waals surface area contributed by atoms with Crippen LogP contribution in [0.15, 0.2) is 24.3 Å². The van der Waals surface area contributed by atoms with Crippen LogP contribution < -0.4 is 0 Å². The molecule has 18 heavy (non-hydrogen) atoms. The Labute approximate surface area is 108 Å². The summed E-state index contributed by atoms with van der Waals surface area (Å²) in [4.78, 5) is 11.2. The quantitative estimate of drug-likeness (QED) is 0.815. The van der Waals surface area contributed by atoms with Gasteiger partial charge in [-0.05, 0) is 35.8 Å². The van der Waals surface area contributed by atoms with E-state index in [0.717, 1.165) is 5.56 Å². The van der Waals surface area contributed by atoms with Gasteiger partial charge in [-0.15, -0.1) is 0 Å². The van der Waals surface area contributed by atoms with E-state index in [1.165, 1.54) is 25.5 Å². The number of carbonyl (C=O) groups is 1. The van der Waals surface area contributed by atoms with Crippen molar-refractivity contribution in [2.45, 2.75) is 38.2 Å². The highest BCUT2D eigenvalue weighted by molar-refractivity contribution is 5.69. The van der Waals surface area contributed by atoms with Crippen molar-refractivity contribution in [3.8, 4) is 0 Å². The van der Waals surface area contributed by atoms with Crippen molar-refractivity contribution in [1.29, 1.82) is 0 Å². The molecule has 3 nitrogen and oxygen atoms in total. The molecule has 1 N–H and O–H groups in total. The fourth-order valence-corrected chi connectivity index (χ4v) is 2.20. The van der Waals surface area contributed by atoms with Crippen LogP contribution in [0.4, 0.5) is 0 Å². The molecule has 0 radical (unpaired) electrons. The lowest BCUT2D eigenvalue weighted by atomic mass is 9.93. The molecule has 2 rings (SSSR count). The average Bonchev–Trinajstić information content (AvgIpc) is 3.22. The zero-order valence-corrected chi connectivity index (χ0v) is 10.9. The van der Waals surface area contributed by atoms with Crippen molar-refractivity contribution < 1.29 is 14.6 Å². The van der Waals surface area contributed by atoms with Crippen LogP contribution in [-0.4, -0.2) is 18.2 Å². The highest BCUT2D eigenvalue weighted by Crippen LogP contribution is 2.41. The van der Waals surface area contributed by atoms with Crippen molar-refractivity contribution in [3.05, 3.63) is 35.4 Å². The van der Waals surface area contributed by atoms with Gasteiger partial charge in [0.2, 0.25) is 0 Å². The summed E-state index contributed by atoms with van der Waals surface area (Å²) in [6, 6.07) is 8.08. The maximum atomic E-state index is 11.2. The van der Waals surface area contributed by atoms with E-state index in [2.05, 4.69) is 16.9 Å². The molecule has 3 heteroatoms. The summed E-state index contributed by atoms with van der Waals surface area (Å²) in [5, 5.41) is 10.3. The fraction of sp³-hybridized carbons (Fsp3) is 0.533. The predicted molar refractivity (Wildman–Crippen MR) is 69.2 cm³/mol. The Morgan fingerprint density at radius 2 is 2.22 bits per heavy atom. The molecule has 0 amide bonds. The molecule has 1 fully saturated rings. The van der Waals surface area contributed by atoms with Crippen LogP contribution in [0, 0.1) is 5.92 Å². The highest BCUT2D eigenvalue weighted by atomic mass is 16.5. The van der Waals surface area contributed by atoms with Gasteiger partial charge < -0.3 is 9.84 Å². The smallest absolute Gasteiger partial charge is 0.305 e. The minimum atomic E-state index is -0.609. The molecule has 0 bridgehead atoms. The molecule has 1 aromatic rings. The maximum Gasteiger partial charge on any atom is 0.305 e. The SMILES string of the molecule is COC(=O)CC(C)C(O)c1cccc(C2CC2)c1. The van der Waals surface area contributed by atoms with Gasteiger partial charge >= 0.3 is 5.97 Å². The summed E-state index contributed by atoms with van der Waals surface area (Å²) < 4.78 is 4.63. The van der Waals surface area contributed by atoms with Gasteiger partial charge in [-0.3, -0.25) is 4.79 Å². The van der Waals surface area contributed by atoms with Crippen molar-refractivity contribution in [2.24, 2.45) is 5.92 Å². The van der Waals surface area contributed by atoms with Crippen LogP contribution in [0.2, 0.25) is 0 Å². The number of ether oxygens (including phenoxy) is 1. The molecule has 1 aliphatic rings. The second-order valence-corrected chi connectivity index (χ2v) is 5.15. The third kappa shape index (κ3) is 3.10. The van der Waals surface area contributed by atoms with Crippen molar-refractivity contribution >= 4 is 5.97 Å². The molecule has 0 saturated heterocycles. The summed E-state index contributed by atoms with van der Waals surface area (Å²) in [5.41, 5.74) is 2.20. The highest BCUT2D eigenvalue weighted by Gasteiger charge is 2.25. The molecule has 2 unspecified atom stereocenters. The van der Waals surface area contributed by atoms with Gasteiger partial charge in [-0.25, -0.2) is 0 Å². The van der Waals surface area contributed by atoms with Crippen molar-refractivity contribution in [3.63, 3.8) is 0 Å². The number of aliphatic hydroxyl groups is 1. The summed E-state index contributed by atoms with van der Waals surface area (Å²) in [6.07, 6.45) is 2.13. The fourth-order valence-electron chi connectivity index (χ4n) is 2.20. The van der Waals surface area contributed by atoms with E-state index in [1.54, 1.807) is 0 Å². The Hall–Kier alpha value is -1.35. The molecular formula is C15H20O3. The summed E-state index contributed by atoms with van der Waals surface area (Å²) in [5.74, 6) is 0.264. The van der Waals surface area contributed by atoms with E-state index in [9.17, 15) is 9.90 Å². The van der Waals surface area contributed by atoms with Crippen LogP contribution >= 0.6 is 0 Å². The number of carbonyl (C=O) groups excluding carboxylic acids is 1. The van der Waals surface area contributed by atoms with Gasteiger partial charge in [0.25, 0.3) is 0 Å². The molecule has 1 saturated carbocycles. The maximum absolute atomic E-state index is 11.2. The van der Waals surface area contributed by atoms with Crippen molar-refractivity contribution in [1.82, 2.24) is 0 Å². The lowest BCUT2D eigenvalue weighted by Gasteiger charge is -2.18. The van der Waals surface area contributed by atoms with E-state index in [-0.39, 0.29) is 18.3 Å². The Balaban J connectivity index is 2.05. The van der Waals surface area contributed by atoms with Gasteiger partial charge in [0.15, 0.2) is 0 Å². The number of esters is 1. The van der Waals surface area contributed by atoms with Crippen LogP contribution in [0.1, 0.15) is 49.3 Å². The molecular weight excluding hydrogens is 228 g/mol. The van der Waals surface area contributed by atoms with E-state index in [1.807, 2.05) is 19.1 Å². The molecule has 1 aromatic carbocycles. The summed E-state index contributed by atoms with van der Waals surface area (Å²) in [6.45, 7) is 1.87. The molecule has 98 valence electrons. The van der Waals surface area contributed by atoms with Crippen LogP contribution in [-0.2, 0) is 9.53 Å². The first-order chi connectivity index (χ1) is 8.61. The molecule has 0 heterocycles. The zero-order valence-electron chi connectivity index (χ0n) is 10.9. The Morgan fingerprint density at radius 1 is 1.50 bits per heavy atom. The topological polar surface area (TPSA) is 46.5 Å². The monoisotopic (exact) mass is 248 g/mol. The van der Waals surface area contributed by atoms with Gasteiger partial charge in [-0.1, -0.05) is 31.2 Å². The Bertz CT molecular complexity index is 424. The number of benzene rings is 1. The second kappa shape index (κ2) is 5.53. The lowest BCUT2D eigenvalue weighted by Crippen LogP contribution is -2.15. The molecule has 2 atom stereocenters. The number of aliphatic hydroxyl groups excluding tert-OH is 1. The minimum absolute atomic E-state index is 0.132. The number of hydrogen-bond acceptors (Lipinski definition) is 3. The second-order valence-electron chi connectivity index (χ2n) is 5.15. The average molecular weight is 248 g/mol. The number of rotatable bonds is 5. The van der Waals surface area contributed by atoms with Crippen LogP contribution in [0.5, 0.6) is 0 Å². The van der Waals surface area contributed by atoms with Gasteiger partial charge in [0, 0.05) is 0 Å². The largest absolute Gasteiger partial charge is 0.469 e. The van der Waals surface area contributed by atoms with Gasteiger partial charge in [0.1, 0.15) is 0 Å². The molecule has 0 aliphatic heterocycles. The first-order valence-electron chi connectivity index (χ1n) is 6.46. The molecule has 1 aliphatic carbocycles. The van der Waals surface area contributed by atoms with Crippen LogP contribution in [0.25, 0.3) is 0 Å². The summed E-state index contributed by atoms with van der Waals surface area (Å²) >= 11 is 0. The normalized spacial score (nSPS) is 18.2. The van der Waals surface area contributed by atoms with Crippen molar-refractivity contribution in [2.75, 3.05) is 7.11 Å². The predicted octanol–water partition coefficient (Wildman–Crippen LogP) is 2.80. The number of methoxy groups -OCH3 is 1. The molecule has 0 aromatic heterocycles. The summed E-state index contributed by atoms with van der Waals surface area (Å²) in [7, 11) is 1.37. The minimum Gasteiger partial charge on any atom is -0.469 e. The standard InChI is InChI=1S/C15H20O3/c1-10(8-14(16)18-2)15(17)13-5-3-4-12(9-13)11-6-7-11/h3-5,9-11,15,17H,6-8H2,1-2H3. The number of hydrogen-bond donors (Lipinski definition) is 1. The molecule has 0 spiro atoms. The first kappa shape index (κ1) is 13.1. The van der Waals surface area contributed by atoms with Gasteiger partial charge in [0.05, 0.1) is 19.6 Å². The van der Waals surface area contributed by atoms with E-state index < -0.39 is 6.10 Å². The third-order valence-corrected chi connectivity index (χ3v) is 3.56. The van der Waals surface area contributed by atoms with Crippen LogP contribution in [0.3, 0.4) is 0 Å². The third-order valence-electron chi connectivity index (χ3n) is 3.56. The van der Waals surface area contributed by atoms with E-state index in [0.29, 0.717) is 5.92 Å². The lowest BCUT2D eigenvalue weighted by molar-refractivity contribution is -0.142.